The topological polar surface area (TPSA) is 78.9 Å². The van der Waals surface area contributed by atoms with Crippen LogP contribution in [-0.4, -0.2) is 37.7 Å². The van der Waals surface area contributed by atoms with Gasteiger partial charge in [-0.05, 0) is 13.3 Å². The largest absolute Gasteiger partial charge is 0.463 e. The Bertz CT molecular complexity index is 335. The molecule has 0 amide bonds. The molecule has 0 fully saturated rings. The van der Waals surface area contributed by atoms with E-state index in [0.29, 0.717) is 6.61 Å². The molecule has 0 aliphatic carbocycles. The monoisotopic (exact) mass is 286 g/mol. The lowest BCUT2D eigenvalue weighted by atomic mass is 10.2. The first-order valence-electron chi connectivity index (χ1n) is 6.77. The van der Waals surface area contributed by atoms with E-state index in [1.54, 1.807) is 6.92 Å². The lowest BCUT2D eigenvalue weighted by Crippen LogP contribution is -2.16. The molecule has 0 N–H and O–H groups in total. The van der Waals surface area contributed by atoms with Crippen LogP contribution in [0.4, 0.5) is 0 Å². The second kappa shape index (κ2) is 12.2. The minimum atomic E-state index is -0.791. The average molecular weight is 286 g/mol. The summed E-state index contributed by atoms with van der Waals surface area (Å²) in [5.41, 5.74) is 0. The lowest BCUT2D eigenvalue weighted by molar-refractivity contribution is -0.156. The van der Waals surface area contributed by atoms with Gasteiger partial charge in [0.05, 0.1) is 13.2 Å². The van der Waals surface area contributed by atoms with Gasteiger partial charge >= 0.3 is 17.9 Å². The van der Waals surface area contributed by atoms with E-state index in [4.69, 9.17) is 4.74 Å². The molecule has 0 rings (SSSR count). The SMILES string of the molecule is CCCCCCOC(=O)COC(=O)/C=C/C(=O)OCC. The van der Waals surface area contributed by atoms with Crippen molar-refractivity contribution in [3.8, 4) is 0 Å². The molecule has 0 radical (unpaired) electrons. The highest BCUT2D eigenvalue weighted by Crippen LogP contribution is 1.99. The van der Waals surface area contributed by atoms with E-state index in [1.165, 1.54) is 0 Å². The Labute approximate surface area is 119 Å². The van der Waals surface area contributed by atoms with E-state index < -0.39 is 24.5 Å². The summed E-state index contributed by atoms with van der Waals surface area (Å²) in [5.74, 6) is -2.02. The number of carbonyl (C=O) groups is 3. The summed E-state index contributed by atoms with van der Waals surface area (Å²) in [6.07, 6.45) is 5.88. The average Bonchev–Trinajstić information content (AvgIpc) is 2.43. The highest BCUT2D eigenvalue weighted by atomic mass is 16.6. The molecule has 6 nitrogen and oxygen atoms in total. The maximum Gasteiger partial charge on any atom is 0.344 e. The molecule has 0 spiro atoms. The van der Waals surface area contributed by atoms with Crippen LogP contribution in [0.15, 0.2) is 12.2 Å². The van der Waals surface area contributed by atoms with Crippen molar-refractivity contribution in [2.75, 3.05) is 19.8 Å². The van der Waals surface area contributed by atoms with Gasteiger partial charge in [-0.15, -0.1) is 0 Å². The van der Waals surface area contributed by atoms with Gasteiger partial charge in [0.1, 0.15) is 0 Å². The molecule has 20 heavy (non-hydrogen) atoms. The first-order chi connectivity index (χ1) is 9.60. The van der Waals surface area contributed by atoms with Crippen LogP contribution in [0.25, 0.3) is 0 Å². The normalized spacial score (nSPS) is 10.3. The molecular formula is C14H22O6. The number of carbonyl (C=O) groups excluding carboxylic acids is 3. The molecule has 0 aromatic heterocycles. The fourth-order valence-electron chi connectivity index (χ4n) is 1.26. The first-order valence-corrected chi connectivity index (χ1v) is 6.77. The summed E-state index contributed by atoms with van der Waals surface area (Å²) < 4.78 is 14.1. The molecule has 0 aliphatic heterocycles. The number of rotatable bonds is 10. The maximum absolute atomic E-state index is 11.2. The zero-order valence-electron chi connectivity index (χ0n) is 12.1. The van der Waals surface area contributed by atoms with E-state index in [2.05, 4.69) is 16.4 Å². The number of hydrogen-bond donors (Lipinski definition) is 0. The van der Waals surface area contributed by atoms with E-state index in [1.807, 2.05) is 0 Å². The van der Waals surface area contributed by atoms with Crippen molar-refractivity contribution >= 4 is 17.9 Å². The van der Waals surface area contributed by atoms with Gasteiger partial charge in [0.2, 0.25) is 0 Å². The lowest BCUT2D eigenvalue weighted by Gasteiger charge is -2.04. The van der Waals surface area contributed by atoms with Crippen LogP contribution in [0.2, 0.25) is 0 Å². The molecule has 0 atom stereocenters. The highest BCUT2D eigenvalue weighted by molar-refractivity contribution is 5.92. The van der Waals surface area contributed by atoms with Crippen molar-refractivity contribution < 1.29 is 28.6 Å². The molecule has 0 aromatic carbocycles. The van der Waals surface area contributed by atoms with Gasteiger partial charge in [-0.2, -0.15) is 0 Å². The number of ether oxygens (including phenoxy) is 3. The van der Waals surface area contributed by atoms with Crippen LogP contribution < -0.4 is 0 Å². The summed E-state index contributed by atoms with van der Waals surface area (Å²) in [6.45, 7) is 3.84. The Kier molecular flexibility index (Phi) is 11.1. The predicted octanol–water partition coefficient (Wildman–Crippen LogP) is 1.77. The molecule has 0 bridgehead atoms. The Morgan fingerprint density at radius 1 is 0.850 bits per heavy atom. The van der Waals surface area contributed by atoms with Crippen molar-refractivity contribution in [2.45, 2.75) is 39.5 Å². The third-order valence-electron chi connectivity index (χ3n) is 2.24. The van der Waals surface area contributed by atoms with Gasteiger partial charge in [-0.1, -0.05) is 26.2 Å². The van der Waals surface area contributed by atoms with Crippen LogP contribution >= 0.6 is 0 Å². The van der Waals surface area contributed by atoms with Gasteiger partial charge in [0, 0.05) is 12.2 Å². The van der Waals surface area contributed by atoms with Gasteiger partial charge in [0.15, 0.2) is 6.61 Å². The van der Waals surface area contributed by atoms with Crippen LogP contribution in [0, 0.1) is 0 Å². The van der Waals surface area contributed by atoms with Crippen molar-refractivity contribution in [2.24, 2.45) is 0 Å². The van der Waals surface area contributed by atoms with Crippen LogP contribution in [0.3, 0.4) is 0 Å². The number of hydrogen-bond acceptors (Lipinski definition) is 6. The third-order valence-corrected chi connectivity index (χ3v) is 2.24. The van der Waals surface area contributed by atoms with Crippen LogP contribution in [0.1, 0.15) is 39.5 Å². The molecule has 0 aliphatic rings. The summed E-state index contributed by atoms with van der Waals surface area (Å²) in [6, 6.07) is 0. The fourth-order valence-corrected chi connectivity index (χ4v) is 1.26. The summed E-state index contributed by atoms with van der Waals surface area (Å²) >= 11 is 0. The van der Waals surface area contributed by atoms with Gasteiger partial charge in [-0.3, -0.25) is 0 Å². The van der Waals surface area contributed by atoms with E-state index in [0.717, 1.165) is 37.8 Å². The summed E-state index contributed by atoms with van der Waals surface area (Å²) in [4.78, 5) is 33.3. The minimum Gasteiger partial charge on any atom is -0.463 e. The Morgan fingerprint density at radius 3 is 2.10 bits per heavy atom. The Morgan fingerprint density at radius 2 is 1.50 bits per heavy atom. The fraction of sp³-hybridized carbons (Fsp3) is 0.643. The van der Waals surface area contributed by atoms with Gasteiger partial charge in [-0.25, -0.2) is 14.4 Å². The molecule has 0 unspecified atom stereocenters. The summed E-state index contributed by atoms with van der Waals surface area (Å²) in [7, 11) is 0. The second-order valence-corrected chi connectivity index (χ2v) is 3.97. The van der Waals surface area contributed by atoms with E-state index >= 15 is 0 Å². The maximum atomic E-state index is 11.2. The third kappa shape index (κ3) is 11.3. The van der Waals surface area contributed by atoms with Crippen molar-refractivity contribution in [1.29, 1.82) is 0 Å². The van der Waals surface area contributed by atoms with Crippen molar-refractivity contribution in [3.63, 3.8) is 0 Å². The smallest absolute Gasteiger partial charge is 0.344 e. The summed E-state index contributed by atoms with van der Waals surface area (Å²) in [5, 5.41) is 0. The van der Waals surface area contributed by atoms with Crippen LogP contribution in [-0.2, 0) is 28.6 Å². The zero-order valence-corrected chi connectivity index (χ0v) is 12.1. The molecule has 114 valence electrons. The van der Waals surface area contributed by atoms with E-state index in [9.17, 15) is 14.4 Å². The van der Waals surface area contributed by atoms with Gasteiger partial charge in [0.25, 0.3) is 0 Å². The molecule has 0 aromatic rings. The molecular weight excluding hydrogens is 264 g/mol. The second-order valence-electron chi connectivity index (χ2n) is 3.97. The van der Waals surface area contributed by atoms with Gasteiger partial charge < -0.3 is 14.2 Å². The number of esters is 3. The van der Waals surface area contributed by atoms with E-state index in [-0.39, 0.29) is 6.61 Å². The van der Waals surface area contributed by atoms with Crippen molar-refractivity contribution in [3.05, 3.63) is 12.2 Å². The molecule has 0 saturated heterocycles. The van der Waals surface area contributed by atoms with Crippen molar-refractivity contribution in [1.82, 2.24) is 0 Å². The minimum absolute atomic E-state index is 0.225. The standard InChI is InChI=1S/C14H22O6/c1-3-5-6-7-10-19-14(17)11-20-13(16)9-8-12(15)18-4-2/h8-9H,3-7,10-11H2,1-2H3/b9-8+. The quantitative estimate of drug-likeness (QED) is 0.263. The Balaban J connectivity index is 3.67. The first kappa shape index (κ1) is 18.1. The Hall–Kier alpha value is -1.85. The molecule has 6 heteroatoms. The highest BCUT2D eigenvalue weighted by Gasteiger charge is 2.06. The number of unbranched alkanes of at least 4 members (excludes halogenated alkanes) is 3. The molecule has 0 saturated carbocycles. The zero-order chi connectivity index (χ0) is 15.2. The molecule has 0 heterocycles. The van der Waals surface area contributed by atoms with Crippen LogP contribution in [0.5, 0.6) is 0 Å². The predicted molar refractivity (Wildman–Crippen MR) is 71.8 cm³/mol.